The van der Waals surface area contributed by atoms with Crippen molar-refractivity contribution in [3.05, 3.63) is 93.0 Å². The number of carbonyl (C=O) groups excluding carboxylic acids is 1. The van der Waals surface area contributed by atoms with Crippen LogP contribution in [0, 0.1) is 0 Å². The maximum atomic E-state index is 13.0. The Morgan fingerprint density at radius 1 is 0.927 bits per heavy atom. The molecule has 41 heavy (non-hydrogen) atoms. The molecule has 0 unspecified atom stereocenters. The molecule has 0 radical (unpaired) electrons. The molecule has 0 saturated heterocycles. The summed E-state index contributed by atoms with van der Waals surface area (Å²) in [6, 6.07) is 16.5. The zero-order valence-electron chi connectivity index (χ0n) is 23.6. The number of benzene rings is 3. The Labute approximate surface area is 237 Å². The van der Waals surface area contributed by atoms with Gasteiger partial charge in [0.25, 0.3) is 0 Å². The second-order valence-electron chi connectivity index (χ2n) is 9.96. The molecule has 5 rings (SSSR count). The molecule has 0 saturated carbocycles. The molecule has 1 aliphatic rings. The van der Waals surface area contributed by atoms with E-state index in [2.05, 4.69) is 4.90 Å². The summed E-state index contributed by atoms with van der Waals surface area (Å²) < 4.78 is 27.7. The molecule has 1 N–H and O–H groups in total. The number of rotatable bonds is 9. The van der Waals surface area contributed by atoms with Crippen molar-refractivity contribution >= 4 is 16.7 Å². The zero-order chi connectivity index (χ0) is 29.1. The van der Waals surface area contributed by atoms with Gasteiger partial charge in [0.15, 0.2) is 17.3 Å². The third kappa shape index (κ3) is 5.58. The molecular formula is C32H33NO8. The highest BCUT2D eigenvalue weighted by atomic mass is 16.5. The molecule has 2 heterocycles. The van der Waals surface area contributed by atoms with E-state index in [9.17, 15) is 14.7 Å². The van der Waals surface area contributed by atoms with Crippen LogP contribution in [0.25, 0.3) is 10.8 Å². The molecule has 1 aromatic heterocycles. The fourth-order valence-electron chi connectivity index (χ4n) is 5.54. The Bertz CT molecular complexity index is 1640. The number of aromatic hydroxyl groups is 1. The fraction of sp³-hybridized carbons (Fsp3) is 0.312. The average molecular weight is 560 g/mol. The SMILES string of the molecule is COC(=O)C[C@@H](c1oc(CN2CCc3cc(OC)c(OC)cc3C2)cc(=O)c1O)c1ccc(OC)c2ccccc12. The summed E-state index contributed by atoms with van der Waals surface area (Å²) in [6.45, 7) is 1.69. The predicted molar refractivity (Wildman–Crippen MR) is 153 cm³/mol. The monoisotopic (exact) mass is 559 g/mol. The van der Waals surface area contributed by atoms with Crippen molar-refractivity contribution in [1.29, 1.82) is 0 Å². The van der Waals surface area contributed by atoms with E-state index in [1.54, 1.807) is 27.4 Å². The molecule has 0 aliphatic carbocycles. The highest BCUT2D eigenvalue weighted by molar-refractivity contribution is 5.92. The summed E-state index contributed by atoms with van der Waals surface area (Å²) in [5.74, 6) is 0.629. The van der Waals surface area contributed by atoms with Gasteiger partial charge in [-0.15, -0.1) is 0 Å². The van der Waals surface area contributed by atoms with Crippen LogP contribution in [0.1, 0.15) is 40.5 Å². The number of methoxy groups -OCH3 is 4. The van der Waals surface area contributed by atoms with Gasteiger partial charge in [-0.25, -0.2) is 0 Å². The second kappa shape index (κ2) is 11.9. The van der Waals surface area contributed by atoms with E-state index in [1.165, 1.54) is 18.7 Å². The normalized spacial score (nSPS) is 13.9. The van der Waals surface area contributed by atoms with Crippen molar-refractivity contribution in [1.82, 2.24) is 4.90 Å². The maximum absolute atomic E-state index is 13.0. The Morgan fingerprint density at radius 3 is 2.29 bits per heavy atom. The number of nitrogens with zero attached hydrogens (tertiary/aromatic N) is 1. The minimum absolute atomic E-state index is 0.0250. The van der Waals surface area contributed by atoms with Gasteiger partial charge in [-0.2, -0.15) is 0 Å². The Hall–Kier alpha value is -4.50. The fourth-order valence-corrected chi connectivity index (χ4v) is 5.54. The lowest BCUT2D eigenvalue weighted by Gasteiger charge is -2.29. The number of hydrogen-bond donors (Lipinski definition) is 1. The lowest BCUT2D eigenvalue weighted by molar-refractivity contribution is -0.140. The molecule has 0 amide bonds. The van der Waals surface area contributed by atoms with E-state index in [-0.39, 0.29) is 12.2 Å². The first-order valence-electron chi connectivity index (χ1n) is 13.3. The number of esters is 1. The van der Waals surface area contributed by atoms with E-state index in [4.69, 9.17) is 23.4 Å². The molecule has 3 aromatic carbocycles. The van der Waals surface area contributed by atoms with E-state index < -0.39 is 23.1 Å². The van der Waals surface area contributed by atoms with Crippen molar-refractivity contribution in [2.75, 3.05) is 35.0 Å². The second-order valence-corrected chi connectivity index (χ2v) is 9.96. The van der Waals surface area contributed by atoms with Crippen LogP contribution >= 0.6 is 0 Å². The summed E-state index contributed by atoms with van der Waals surface area (Å²) in [5.41, 5.74) is 2.41. The van der Waals surface area contributed by atoms with Crippen molar-refractivity contribution in [2.24, 2.45) is 0 Å². The number of carbonyl (C=O) groups is 1. The topological polar surface area (TPSA) is 108 Å². The van der Waals surface area contributed by atoms with Gasteiger partial charge in [0, 0.05) is 24.5 Å². The summed E-state index contributed by atoms with van der Waals surface area (Å²) >= 11 is 0. The van der Waals surface area contributed by atoms with Gasteiger partial charge in [-0.1, -0.05) is 30.3 Å². The van der Waals surface area contributed by atoms with E-state index in [1.807, 2.05) is 42.5 Å². The molecular weight excluding hydrogens is 526 g/mol. The van der Waals surface area contributed by atoms with Crippen molar-refractivity contribution in [3.8, 4) is 23.0 Å². The molecule has 214 valence electrons. The maximum Gasteiger partial charge on any atom is 0.306 e. The van der Waals surface area contributed by atoms with Crippen LogP contribution in [0.15, 0.2) is 63.8 Å². The lowest BCUT2D eigenvalue weighted by atomic mass is 9.88. The third-order valence-corrected chi connectivity index (χ3v) is 7.60. The van der Waals surface area contributed by atoms with Gasteiger partial charge in [-0.3, -0.25) is 14.5 Å². The predicted octanol–water partition coefficient (Wildman–Crippen LogP) is 4.78. The summed E-state index contributed by atoms with van der Waals surface area (Å²) in [6.07, 6.45) is 0.652. The van der Waals surface area contributed by atoms with Crippen LogP contribution in [0.2, 0.25) is 0 Å². The molecule has 0 bridgehead atoms. The standard InChI is InChI=1S/C32H33NO8/c1-37-27-10-9-23(22-7-5-6-8-24(22)27)25(16-30(35)40-4)32-31(36)26(34)15-21(41-32)18-33-12-11-19-13-28(38-2)29(39-3)14-20(19)17-33/h5-10,13-15,25,36H,11-12,16-18H2,1-4H3/t25-/m1/s1. The molecule has 9 heteroatoms. The Kier molecular flexibility index (Phi) is 8.16. The highest BCUT2D eigenvalue weighted by Crippen LogP contribution is 2.40. The Morgan fingerprint density at radius 2 is 1.61 bits per heavy atom. The van der Waals surface area contributed by atoms with Crippen LogP contribution in [0.3, 0.4) is 0 Å². The van der Waals surface area contributed by atoms with Gasteiger partial charge in [0.1, 0.15) is 11.5 Å². The van der Waals surface area contributed by atoms with Crippen LogP contribution < -0.4 is 19.6 Å². The highest BCUT2D eigenvalue weighted by Gasteiger charge is 2.29. The first-order chi connectivity index (χ1) is 19.9. The quantitative estimate of drug-likeness (QED) is 0.290. The average Bonchev–Trinajstić information content (AvgIpc) is 3.00. The van der Waals surface area contributed by atoms with Crippen LogP contribution in [0.4, 0.5) is 0 Å². The summed E-state index contributed by atoms with van der Waals surface area (Å²) in [4.78, 5) is 27.7. The minimum atomic E-state index is -0.773. The van der Waals surface area contributed by atoms with Crippen LogP contribution in [-0.2, 0) is 29.0 Å². The molecule has 9 nitrogen and oxygen atoms in total. The van der Waals surface area contributed by atoms with Crippen molar-refractivity contribution in [3.63, 3.8) is 0 Å². The van der Waals surface area contributed by atoms with Gasteiger partial charge < -0.3 is 28.5 Å². The van der Waals surface area contributed by atoms with E-state index in [0.717, 1.165) is 29.3 Å². The van der Waals surface area contributed by atoms with E-state index in [0.29, 0.717) is 41.7 Å². The third-order valence-electron chi connectivity index (χ3n) is 7.60. The first kappa shape index (κ1) is 28.0. The number of hydrogen-bond acceptors (Lipinski definition) is 9. The first-order valence-corrected chi connectivity index (χ1v) is 13.3. The Balaban J connectivity index is 1.53. The summed E-state index contributed by atoms with van der Waals surface area (Å²) in [5, 5.41) is 12.6. The van der Waals surface area contributed by atoms with Gasteiger partial charge >= 0.3 is 5.97 Å². The lowest BCUT2D eigenvalue weighted by Crippen LogP contribution is -2.30. The van der Waals surface area contributed by atoms with E-state index >= 15 is 0 Å². The van der Waals surface area contributed by atoms with Crippen molar-refractivity contribution < 1.29 is 33.3 Å². The van der Waals surface area contributed by atoms with Crippen LogP contribution in [-0.4, -0.2) is 51.0 Å². The van der Waals surface area contributed by atoms with Gasteiger partial charge in [0.05, 0.1) is 47.3 Å². The zero-order valence-corrected chi connectivity index (χ0v) is 23.6. The molecule has 1 aliphatic heterocycles. The number of fused-ring (bicyclic) bond motifs is 2. The summed E-state index contributed by atoms with van der Waals surface area (Å²) in [7, 11) is 6.12. The molecule has 1 atom stereocenters. The largest absolute Gasteiger partial charge is 0.502 e. The van der Waals surface area contributed by atoms with Gasteiger partial charge in [0.2, 0.25) is 11.2 Å². The molecule has 4 aromatic rings. The minimum Gasteiger partial charge on any atom is -0.502 e. The molecule has 0 spiro atoms. The van der Waals surface area contributed by atoms with Crippen molar-refractivity contribution in [2.45, 2.75) is 31.8 Å². The number of ether oxygens (including phenoxy) is 4. The molecule has 0 fully saturated rings. The van der Waals surface area contributed by atoms with Crippen LogP contribution in [0.5, 0.6) is 23.0 Å². The smallest absolute Gasteiger partial charge is 0.306 e. The van der Waals surface area contributed by atoms with Gasteiger partial charge in [-0.05, 0) is 46.7 Å².